The highest BCUT2D eigenvalue weighted by molar-refractivity contribution is 6.76. The Balaban J connectivity index is 1.81. The van der Waals surface area contributed by atoms with Crippen molar-refractivity contribution in [3.8, 4) is 0 Å². The van der Waals surface area contributed by atoms with Crippen LogP contribution in [-0.2, 0) is 14.3 Å². The van der Waals surface area contributed by atoms with Crippen LogP contribution in [0.25, 0.3) is 0 Å². The number of unbranched alkanes of at least 4 members (excludes halogenated alkanes) is 3. The van der Waals surface area contributed by atoms with Crippen molar-refractivity contribution < 1.29 is 19.1 Å². The molecule has 0 spiro atoms. The molecule has 1 saturated carbocycles. The Kier molecular flexibility index (Phi) is 8.64. The normalized spacial score (nSPS) is 30.8. The monoisotopic (exact) mass is 451 g/mol. The molecule has 0 radical (unpaired) electrons. The third kappa shape index (κ3) is 6.56. The van der Waals surface area contributed by atoms with Crippen molar-refractivity contribution in [2.45, 2.75) is 127 Å². The number of likely N-dealkylation sites (tertiary alicyclic amines) is 1. The van der Waals surface area contributed by atoms with E-state index >= 15 is 0 Å². The second kappa shape index (κ2) is 10.8. The molecule has 3 fully saturated rings. The van der Waals surface area contributed by atoms with Crippen molar-refractivity contribution in [2.75, 3.05) is 13.2 Å². The number of amides is 1. The minimum Gasteiger partial charge on any atom is -0.450 e. The van der Waals surface area contributed by atoms with E-state index in [1.807, 2.05) is 0 Å². The van der Waals surface area contributed by atoms with Gasteiger partial charge in [0.2, 0.25) is 0 Å². The number of fused-ring (bicyclic) bond motifs is 1. The van der Waals surface area contributed by atoms with E-state index in [1.54, 1.807) is 0 Å². The molecule has 3 rings (SSSR count). The van der Waals surface area contributed by atoms with Crippen molar-refractivity contribution in [2.24, 2.45) is 5.92 Å². The second-order valence-electron chi connectivity index (χ2n) is 11.4. The molecule has 31 heavy (non-hydrogen) atoms. The summed E-state index contributed by atoms with van der Waals surface area (Å²) in [7, 11) is -1.27. The summed E-state index contributed by atoms with van der Waals surface area (Å²) in [6.07, 6.45) is 12.1. The predicted octanol–water partition coefficient (Wildman–Crippen LogP) is 6.18. The first-order chi connectivity index (χ1) is 14.8. The van der Waals surface area contributed by atoms with E-state index in [0.29, 0.717) is 24.9 Å². The first kappa shape index (κ1) is 24.8. The number of hydrogen-bond donors (Lipinski definition) is 0. The lowest BCUT2D eigenvalue weighted by Gasteiger charge is -2.56. The number of ether oxygens (including phenoxy) is 2. The molecule has 2 saturated heterocycles. The first-order valence-electron chi connectivity index (χ1n) is 12.9. The molecule has 3 aliphatic rings. The molecule has 4 atom stereocenters. The minimum absolute atomic E-state index is 0.00166. The Morgan fingerprint density at radius 3 is 2.65 bits per heavy atom. The topological polar surface area (TPSA) is 59.1 Å². The van der Waals surface area contributed by atoms with Gasteiger partial charge in [-0.1, -0.05) is 65.1 Å². The van der Waals surface area contributed by atoms with Crippen molar-refractivity contribution in [1.29, 1.82) is 0 Å². The molecule has 1 amide bonds. The van der Waals surface area contributed by atoms with Crippen LogP contribution in [0.4, 0.5) is 4.79 Å². The lowest BCUT2D eigenvalue weighted by Crippen LogP contribution is -2.67. The van der Waals surface area contributed by atoms with Gasteiger partial charge in [-0.15, -0.1) is 0 Å². The fraction of sp³-hybridized carbons (Fsp3) is 0.920. The molecular formula is C25H45NO4Si. The maximum absolute atomic E-state index is 13.6. The molecule has 0 aromatic carbocycles. The number of epoxide rings is 1. The number of hydrogen-bond acceptors (Lipinski definition) is 4. The molecule has 0 N–H and O–H groups in total. The van der Waals surface area contributed by atoms with E-state index in [1.165, 1.54) is 19.3 Å². The summed E-state index contributed by atoms with van der Waals surface area (Å²) in [6, 6.07) is 0.983. The zero-order valence-corrected chi connectivity index (χ0v) is 21.4. The summed E-state index contributed by atoms with van der Waals surface area (Å²) < 4.78 is 11.4. The number of rotatable bonds is 11. The Morgan fingerprint density at radius 1 is 1.19 bits per heavy atom. The molecule has 1 aliphatic carbocycles. The number of carbonyl (C=O) groups excluding carboxylic acids is 2. The maximum atomic E-state index is 13.6. The molecule has 5 nitrogen and oxygen atoms in total. The van der Waals surface area contributed by atoms with Gasteiger partial charge in [-0.3, -0.25) is 9.69 Å². The van der Waals surface area contributed by atoms with Crippen LogP contribution in [0.3, 0.4) is 0 Å². The average Bonchev–Trinajstić information content (AvgIpc) is 3.53. The van der Waals surface area contributed by atoms with Gasteiger partial charge >= 0.3 is 6.09 Å². The number of nitrogens with zero attached hydrogens (tertiary/aromatic N) is 1. The van der Waals surface area contributed by atoms with Crippen LogP contribution in [0, 0.1) is 5.92 Å². The molecular weight excluding hydrogens is 406 g/mol. The number of carbonyl (C=O) groups is 2. The molecule has 0 aromatic heterocycles. The Bertz CT molecular complexity index is 615. The summed E-state index contributed by atoms with van der Waals surface area (Å²) in [5.41, 5.74) is -0.356. The van der Waals surface area contributed by atoms with Crippen molar-refractivity contribution >= 4 is 20.0 Å². The SMILES string of the molecule is CCCCCC[C@@H]1CC(=O)[C@H]2CCCC[C@@]2(CCC2CO2)N1C(=O)OCC[Si](C)(C)C. The number of Topliss-reactive ketones (excluding diaryl/α,β-unsaturated/α-hetero) is 1. The minimum atomic E-state index is -1.27. The predicted molar refractivity (Wildman–Crippen MR) is 127 cm³/mol. The van der Waals surface area contributed by atoms with E-state index < -0.39 is 8.07 Å². The smallest absolute Gasteiger partial charge is 0.410 e. The summed E-state index contributed by atoms with van der Waals surface area (Å²) in [5.74, 6) is 0.375. The van der Waals surface area contributed by atoms with Gasteiger partial charge in [0.1, 0.15) is 5.78 Å². The lowest BCUT2D eigenvalue weighted by atomic mass is 9.63. The van der Waals surface area contributed by atoms with Gasteiger partial charge in [0, 0.05) is 26.5 Å². The number of ketones is 1. The molecule has 2 heterocycles. The van der Waals surface area contributed by atoms with Crippen LogP contribution in [0.1, 0.15) is 84.0 Å². The largest absolute Gasteiger partial charge is 0.450 e. The van der Waals surface area contributed by atoms with E-state index in [-0.39, 0.29) is 23.6 Å². The van der Waals surface area contributed by atoms with Crippen LogP contribution in [-0.4, -0.2) is 55.7 Å². The summed E-state index contributed by atoms with van der Waals surface area (Å²) in [6.45, 7) is 10.5. The Labute approximate surface area is 190 Å². The van der Waals surface area contributed by atoms with Gasteiger partial charge in [-0.25, -0.2) is 4.79 Å². The van der Waals surface area contributed by atoms with Gasteiger partial charge in [0.15, 0.2) is 0 Å². The average molecular weight is 452 g/mol. The van der Waals surface area contributed by atoms with Gasteiger partial charge in [-0.05, 0) is 38.1 Å². The standard InChI is InChI=1S/C25H45NO4Si/c1-5-6-7-8-11-20-18-23(27)22-12-9-10-14-25(22,15-13-21-19-30-21)26(20)24(28)29-16-17-31(2,3)4/h20-22H,5-19H2,1-4H3/t20-,21?,22-,25+/m1/s1. The fourth-order valence-corrected chi connectivity index (χ4v) is 6.46. The second-order valence-corrected chi connectivity index (χ2v) is 17.0. The summed E-state index contributed by atoms with van der Waals surface area (Å²) in [5, 5.41) is 0. The van der Waals surface area contributed by atoms with Crippen molar-refractivity contribution in [1.82, 2.24) is 4.90 Å². The zero-order chi connectivity index (χ0) is 22.5. The third-order valence-electron chi connectivity index (χ3n) is 7.64. The molecule has 0 aromatic rings. The highest BCUT2D eigenvalue weighted by Gasteiger charge is 2.56. The molecule has 1 unspecified atom stereocenters. The first-order valence-corrected chi connectivity index (χ1v) is 16.6. The van der Waals surface area contributed by atoms with Gasteiger partial charge in [0.25, 0.3) is 0 Å². The van der Waals surface area contributed by atoms with E-state index in [9.17, 15) is 9.59 Å². The highest BCUT2D eigenvalue weighted by atomic mass is 28.3. The fourth-order valence-electron chi connectivity index (χ4n) is 5.75. The van der Waals surface area contributed by atoms with Crippen LogP contribution in [0.15, 0.2) is 0 Å². The Hall–Kier alpha value is -0.883. The van der Waals surface area contributed by atoms with E-state index in [2.05, 4.69) is 31.5 Å². The lowest BCUT2D eigenvalue weighted by molar-refractivity contribution is -0.142. The van der Waals surface area contributed by atoms with Gasteiger partial charge in [-0.2, -0.15) is 0 Å². The quantitative estimate of drug-likeness (QED) is 0.214. The van der Waals surface area contributed by atoms with Gasteiger partial charge in [0.05, 0.1) is 24.9 Å². The van der Waals surface area contributed by atoms with E-state index in [0.717, 1.165) is 64.0 Å². The molecule has 6 heteroatoms. The molecule has 178 valence electrons. The zero-order valence-electron chi connectivity index (χ0n) is 20.4. The Morgan fingerprint density at radius 2 is 1.97 bits per heavy atom. The van der Waals surface area contributed by atoms with Crippen molar-refractivity contribution in [3.05, 3.63) is 0 Å². The molecule has 2 aliphatic heterocycles. The van der Waals surface area contributed by atoms with Crippen LogP contribution < -0.4 is 0 Å². The summed E-state index contributed by atoms with van der Waals surface area (Å²) in [4.78, 5) is 29.0. The summed E-state index contributed by atoms with van der Waals surface area (Å²) >= 11 is 0. The van der Waals surface area contributed by atoms with Crippen LogP contribution >= 0.6 is 0 Å². The van der Waals surface area contributed by atoms with Crippen LogP contribution in [0.5, 0.6) is 0 Å². The van der Waals surface area contributed by atoms with Gasteiger partial charge < -0.3 is 9.47 Å². The highest BCUT2D eigenvalue weighted by Crippen LogP contribution is 2.49. The number of piperidine rings is 1. The maximum Gasteiger partial charge on any atom is 0.410 e. The van der Waals surface area contributed by atoms with Crippen LogP contribution in [0.2, 0.25) is 25.7 Å². The molecule has 0 bridgehead atoms. The third-order valence-corrected chi connectivity index (χ3v) is 9.34. The van der Waals surface area contributed by atoms with E-state index in [4.69, 9.17) is 9.47 Å². The van der Waals surface area contributed by atoms with Crippen molar-refractivity contribution in [3.63, 3.8) is 0 Å².